The van der Waals surface area contributed by atoms with E-state index in [-0.39, 0.29) is 5.91 Å². The maximum atomic E-state index is 12.3. The topological polar surface area (TPSA) is 54.0 Å². The maximum Gasteiger partial charge on any atom is 0.238 e. The number of benzene rings is 2. The molecule has 0 spiro atoms. The van der Waals surface area contributed by atoms with Crippen LogP contribution in [0.5, 0.6) is 11.5 Å². The second-order valence-corrected chi connectivity index (χ2v) is 7.61. The van der Waals surface area contributed by atoms with Crippen LogP contribution in [0.25, 0.3) is 0 Å². The summed E-state index contributed by atoms with van der Waals surface area (Å²) in [6.07, 6.45) is 0. The van der Waals surface area contributed by atoms with Gasteiger partial charge in [0.05, 0.1) is 26.5 Å². The molecule has 2 aromatic rings. The molecule has 0 unspecified atom stereocenters. The molecule has 2 aromatic carbocycles. The minimum Gasteiger partial charge on any atom is -0.497 e. The van der Waals surface area contributed by atoms with Crippen molar-refractivity contribution < 1.29 is 14.3 Å². The van der Waals surface area contributed by atoms with Gasteiger partial charge in [-0.2, -0.15) is 0 Å². The summed E-state index contributed by atoms with van der Waals surface area (Å²) >= 11 is 3.46. The highest BCUT2D eigenvalue weighted by atomic mass is 79.9. The lowest BCUT2D eigenvalue weighted by atomic mass is 10.1. The fraction of sp³-hybridized carbons (Fsp3) is 0.381. The first-order valence-corrected chi connectivity index (χ1v) is 10.1. The van der Waals surface area contributed by atoms with Gasteiger partial charge in [0.1, 0.15) is 11.5 Å². The highest BCUT2D eigenvalue weighted by Gasteiger charge is 2.20. The number of carbonyl (C=O) groups excluding carboxylic acids is 1. The van der Waals surface area contributed by atoms with Gasteiger partial charge in [-0.15, -0.1) is 0 Å². The van der Waals surface area contributed by atoms with Crippen molar-refractivity contribution in [2.24, 2.45) is 0 Å². The van der Waals surface area contributed by atoms with E-state index in [0.29, 0.717) is 6.54 Å². The van der Waals surface area contributed by atoms with Crippen LogP contribution in [0.1, 0.15) is 5.56 Å². The van der Waals surface area contributed by atoms with Crippen LogP contribution in [0, 0.1) is 0 Å². The Morgan fingerprint density at radius 3 is 2.43 bits per heavy atom. The van der Waals surface area contributed by atoms with Gasteiger partial charge in [-0.25, -0.2) is 0 Å². The Morgan fingerprint density at radius 2 is 1.75 bits per heavy atom. The van der Waals surface area contributed by atoms with E-state index < -0.39 is 0 Å². The monoisotopic (exact) mass is 447 g/mol. The lowest BCUT2D eigenvalue weighted by Gasteiger charge is -2.34. The molecule has 7 heteroatoms. The number of hydrogen-bond donors (Lipinski definition) is 1. The predicted molar refractivity (Wildman–Crippen MR) is 114 cm³/mol. The normalized spacial score (nSPS) is 15.2. The van der Waals surface area contributed by atoms with Crippen LogP contribution in [0.15, 0.2) is 46.9 Å². The summed E-state index contributed by atoms with van der Waals surface area (Å²) in [6, 6.07) is 13.5. The smallest absolute Gasteiger partial charge is 0.238 e. The van der Waals surface area contributed by atoms with Gasteiger partial charge in [-0.3, -0.25) is 14.6 Å². The van der Waals surface area contributed by atoms with Crippen molar-refractivity contribution in [2.75, 3.05) is 52.3 Å². The number of nitrogens with zero attached hydrogens (tertiary/aromatic N) is 2. The van der Waals surface area contributed by atoms with Crippen LogP contribution in [0.2, 0.25) is 0 Å². The molecule has 3 rings (SSSR count). The molecule has 1 aliphatic rings. The van der Waals surface area contributed by atoms with Crippen LogP contribution < -0.4 is 14.8 Å². The summed E-state index contributed by atoms with van der Waals surface area (Å²) in [5.74, 6) is 1.71. The number of ether oxygens (including phenoxy) is 2. The van der Waals surface area contributed by atoms with E-state index in [1.54, 1.807) is 14.2 Å². The van der Waals surface area contributed by atoms with E-state index in [1.807, 2.05) is 42.5 Å². The van der Waals surface area contributed by atoms with Gasteiger partial charge in [0, 0.05) is 42.8 Å². The van der Waals surface area contributed by atoms with Crippen LogP contribution in [-0.2, 0) is 11.3 Å². The Labute approximate surface area is 174 Å². The SMILES string of the molecule is COc1ccc(OC)c(CN2CCN(CC(=O)Nc3ccccc3Br)CC2)c1. The first-order chi connectivity index (χ1) is 13.6. The number of nitrogens with one attached hydrogen (secondary N) is 1. The van der Waals surface area contributed by atoms with Crippen molar-refractivity contribution >= 4 is 27.5 Å². The molecule has 150 valence electrons. The lowest BCUT2D eigenvalue weighted by Crippen LogP contribution is -2.48. The fourth-order valence-electron chi connectivity index (χ4n) is 3.31. The van der Waals surface area contributed by atoms with E-state index in [0.717, 1.165) is 59.9 Å². The number of hydrogen-bond acceptors (Lipinski definition) is 5. The summed E-state index contributed by atoms with van der Waals surface area (Å²) < 4.78 is 11.7. The molecule has 0 bridgehead atoms. The Bertz CT molecular complexity index is 807. The first kappa shape index (κ1) is 20.6. The molecule has 0 aliphatic carbocycles. The quantitative estimate of drug-likeness (QED) is 0.705. The third-order valence-corrected chi connectivity index (χ3v) is 5.55. The Kier molecular flexibility index (Phi) is 7.30. The average molecular weight is 448 g/mol. The number of amides is 1. The van der Waals surface area contributed by atoms with Crippen molar-refractivity contribution in [3.05, 3.63) is 52.5 Å². The molecular formula is C21H26BrN3O3. The van der Waals surface area contributed by atoms with Gasteiger partial charge < -0.3 is 14.8 Å². The van der Waals surface area contributed by atoms with Crippen molar-refractivity contribution in [1.82, 2.24) is 9.80 Å². The summed E-state index contributed by atoms with van der Waals surface area (Å²) in [4.78, 5) is 16.9. The number of halogens is 1. The molecule has 0 atom stereocenters. The van der Waals surface area contributed by atoms with Crippen LogP contribution >= 0.6 is 15.9 Å². The molecule has 0 radical (unpaired) electrons. The van der Waals surface area contributed by atoms with Crippen LogP contribution in [0.3, 0.4) is 0 Å². The Balaban J connectivity index is 1.49. The largest absolute Gasteiger partial charge is 0.497 e. The Hall–Kier alpha value is -2.09. The highest BCUT2D eigenvalue weighted by molar-refractivity contribution is 9.10. The molecule has 0 aromatic heterocycles. The summed E-state index contributed by atoms with van der Waals surface area (Å²) in [6.45, 7) is 4.73. The van der Waals surface area contributed by atoms with E-state index in [1.165, 1.54) is 0 Å². The minimum absolute atomic E-state index is 0.00909. The molecule has 1 amide bonds. The molecule has 1 fully saturated rings. The van der Waals surface area contributed by atoms with Gasteiger partial charge in [0.15, 0.2) is 0 Å². The lowest BCUT2D eigenvalue weighted by molar-refractivity contribution is -0.117. The molecule has 1 N–H and O–H groups in total. The van der Waals surface area contributed by atoms with Gasteiger partial charge >= 0.3 is 0 Å². The van der Waals surface area contributed by atoms with Gasteiger partial charge in [0.2, 0.25) is 5.91 Å². The van der Waals surface area contributed by atoms with Crippen molar-refractivity contribution in [3.63, 3.8) is 0 Å². The number of methoxy groups -OCH3 is 2. The number of rotatable bonds is 7. The number of piperazine rings is 1. The first-order valence-electron chi connectivity index (χ1n) is 9.29. The van der Waals surface area contributed by atoms with E-state index in [9.17, 15) is 4.79 Å². The molecule has 28 heavy (non-hydrogen) atoms. The predicted octanol–water partition coefficient (Wildman–Crippen LogP) is 3.22. The highest BCUT2D eigenvalue weighted by Crippen LogP contribution is 2.26. The zero-order valence-corrected chi connectivity index (χ0v) is 17.9. The Morgan fingerprint density at radius 1 is 1.04 bits per heavy atom. The minimum atomic E-state index is 0.00909. The second kappa shape index (κ2) is 9.91. The van der Waals surface area contributed by atoms with Gasteiger partial charge in [-0.1, -0.05) is 12.1 Å². The summed E-state index contributed by atoms with van der Waals surface area (Å²) in [7, 11) is 3.36. The fourth-order valence-corrected chi connectivity index (χ4v) is 3.69. The average Bonchev–Trinajstić information content (AvgIpc) is 2.71. The van der Waals surface area contributed by atoms with E-state index >= 15 is 0 Å². The van der Waals surface area contributed by atoms with Crippen molar-refractivity contribution in [2.45, 2.75) is 6.54 Å². The molecule has 6 nitrogen and oxygen atoms in total. The third kappa shape index (κ3) is 5.47. The molecular weight excluding hydrogens is 422 g/mol. The van der Waals surface area contributed by atoms with Crippen molar-refractivity contribution in [3.8, 4) is 11.5 Å². The summed E-state index contributed by atoms with van der Waals surface area (Å²) in [5, 5.41) is 2.96. The third-order valence-electron chi connectivity index (χ3n) is 4.86. The number of para-hydroxylation sites is 1. The number of carbonyl (C=O) groups is 1. The van der Waals surface area contributed by atoms with Crippen molar-refractivity contribution in [1.29, 1.82) is 0 Å². The zero-order chi connectivity index (χ0) is 19.9. The van der Waals surface area contributed by atoms with E-state index in [2.05, 4.69) is 31.0 Å². The maximum absolute atomic E-state index is 12.3. The number of anilines is 1. The second-order valence-electron chi connectivity index (χ2n) is 6.76. The van der Waals surface area contributed by atoms with Crippen LogP contribution in [0.4, 0.5) is 5.69 Å². The van der Waals surface area contributed by atoms with E-state index in [4.69, 9.17) is 9.47 Å². The molecule has 0 saturated carbocycles. The van der Waals surface area contributed by atoms with Crippen LogP contribution in [-0.4, -0.2) is 62.7 Å². The summed E-state index contributed by atoms with van der Waals surface area (Å²) in [5.41, 5.74) is 1.92. The standard InChI is InChI=1S/C21H26BrN3O3/c1-27-17-7-8-20(28-2)16(13-17)14-24-9-11-25(12-10-24)15-21(26)23-19-6-4-3-5-18(19)22/h3-8,13H,9-12,14-15H2,1-2H3,(H,23,26). The zero-order valence-electron chi connectivity index (χ0n) is 16.3. The molecule has 1 heterocycles. The molecule has 1 aliphatic heterocycles. The molecule has 1 saturated heterocycles. The van der Waals surface area contributed by atoms with Gasteiger partial charge in [-0.05, 0) is 46.3 Å². The van der Waals surface area contributed by atoms with Gasteiger partial charge in [0.25, 0.3) is 0 Å².